The predicted octanol–water partition coefficient (Wildman–Crippen LogP) is 3.98. The average molecular weight is 360 g/mol. The molecule has 5 nitrogen and oxygen atoms in total. The summed E-state index contributed by atoms with van der Waals surface area (Å²) in [6.07, 6.45) is 1.86. The zero-order valence-electron chi connectivity index (χ0n) is 14.6. The van der Waals surface area contributed by atoms with Gasteiger partial charge in [0.1, 0.15) is 0 Å². The molecule has 2 N–H and O–H groups in total. The fourth-order valence-corrected chi connectivity index (χ4v) is 3.45. The third-order valence-electron chi connectivity index (χ3n) is 4.12. The van der Waals surface area contributed by atoms with E-state index in [0.29, 0.717) is 25.8 Å². The molecule has 0 bridgehead atoms. The largest absolute Gasteiger partial charge is 0.481 e. The Bertz CT molecular complexity index is 710. The Morgan fingerprint density at radius 1 is 1.24 bits per heavy atom. The van der Waals surface area contributed by atoms with Gasteiger partial charge < -0.3 is 10.4 Å². The first kappa shape index (κ1) is 19.1. The molecule has 0 saturated carbocycles. The number of unbranched alkanes of at least 4 members (excludes halogenated alkanes) is 1. The lowest BCUT2D eigenvalue weighted by Crippen LogP contribution is -2.25. The normalized spacial score (nSPS) is 11.9. The van der Waals surface area contributed by atoms with Crippen LogP contribution in [0.1, 0.15) is 49.8 Å². The van der Waals surface area contributed by atoms with Gasteiger partial charge in [0.15, 0.2) is 0 Å². The van der Waals surface area contributed by atoms with E-state index in [4.69, 9.17) is 5.11 Å². The second-order valence-electron chi connectivity index (χ2n) is 6.19. The zero-order chi connectivity index (χ0) is 18.2. The Morgan fingerprint density at radius 3 is 2.56 bits per heavy atom. The quantitative estimate of drug-likeness (QED) is 0.663. The van der Waals surface area contributed by atoms with Gasteiger partial charge in [-0.3, -0.25) is 9.59 Å². The van der Waals surface area contributed by atoms with Crippen molar-refractivity contribution in [1.82, 2.24) is 10.3 Å². The lowest BCUT2D eigenvalue weighted by atomic mass is 9.96. The second-order valence-corrected chi connectivity index (χ2v) is 7.05. The van der Waals surface area contributed by atoms with E-state index in [1.807, 2.05) is 19.4 Å². The highest BCUT2D eigenvalue weighted by Crippen LogP contribution is 2.29. The van der Waals surface area contributed by atoms with E-state index in [1.165, 1.54) is 4.88 Å². The number of carboxylic acids is 1. The first-order valence-corrected chi connectivity index (χ1v) is 9.34. The van der Waals surface area contributed by atoms with Crippen LogP contribution in [0.2, 0.25) is 0 Å². The van der Waals surface area contributed by atoms with Crippen molar-refractivity contribution in [2.45, 2.75) is 45.4 Å². The van der Waals surface area contributed by atoms with Gasteiger partial charge in [-0.1, -0.05) is 31.2 Å². The summed E-state index contributed by atoms with van der Waals surface area (Å²) in [4.78, 5) is 27.9. The zero-order valence-corrected chi connectivity index (χ0v) is 15.4. The number of carboxylic acid groups (broad SMARTS) is 1. The molecule has 2 rings (SSSR count). The van der Waals surface area contributed by atoms with E-state index < -0.39 is 5.97 Å². The average Bonchev–Trinajstić information content (AvgIpc) is 3.00. The van der Waals surface area contributed by atoms with Gasteiger partial charge in [-0.05, 0) is 36.8 Å². The van der Waals surface area contributed by atoms with Crippen molar-refractivity contribution in [2.24, 2.45) is 0 Å². The molecule has 0 unspecified atom stereocenters. The smallest absolute Gasteiger partial charge is 0.303 e. The van der Waals surface area contributed by atoms with Crippen molar-refractivity contribution in [1.29, 1.82) is 0 Å². The summed E-state index contributed by atoms with van der Waals surface area (Å²) < 4.78 is 0. The number of benzene rings is 1. The Morgan fingerprint density at radius 2 is 1.96 bits per heavy atom. The van der Waals surface area contributed by atoms with Crippen LogP contribution in [0.15, 0.2) is 29.8 Å². The number of hydrogen-bond acceptors (Lipinski definition) is 4. The van der Waals surface area contributed by atoms with E-state index in [1.54, 1.807) is 11.3 Å². The summed E-state index contributed by atoms with van der Waals surface area (Å²) in [6.45, 7) is 4.57. The molecule has 1 amide bonds. The molecule has 0 aliphatic heterocycles. The number of aryl methyl sites for hydroxylation is 1. The highest BCUT2D eigenvalue weighted by Gasteiger charge is 2.12. The van der Waals surface area contributed by atoms with Gasteiger partial charge in [-0.2, -0.15) is 0 Å². The van der Waals surface area contributed by atoms with Crippen LogP contribution in [-0.4, -0.2) is 28.5 Å². The number of aromatic nitrogens is 1. The van der Waals surface area contributed by atoms with Crippen LogP contribution < -0.4 is 5.32 Å². The van der Waals surface area contributed by atoms with Crippen LogP contribution in [0.5, 0.6) is 0 Å². The van der Waals surface area contributed by atoms with Gasteiger partial charge in [0.2, 0.25) is 5.91 Å². The van der Waals surface area contributed by atoms with Crippen LogP contribution in [0.4, 0.5) is 0 Å². The Kier molecular flexibility index (Phi) is 7.13. The summed E-state index contributed by atoms with van der Waals surface area (Å²) in [5.41, 5.74) is 5.17. The van der Waals surface area contributed by atoms with Gasteiger partial charge in [0, 0.05) is 19.4 Å². The fraction of sp³-hybridized carbons (Fsp3) is 0.421. The number of carbonyl (C=O) groups is 2. The summed E-state index contributed by atoms with van der Waals surface area (Å²) in [5.74, 6) is -0.655. The molecule has 0 aliphatic rings. The number of rotatable bonds is 9. The topological polar surface area (TPSA) is 79.3 Å². The van der Waals surface area contributed by atoms with Crippen molar-refractivity contribution >= 4 is 23.2 Å². The highest BCUT2D eigenvalue weighted by molar-refractivity contribution is 7.13. The minimum absolute atomic E-state index is 0.00482. The molecule has 1 aromatic heterocycles. The molecule has 0 radical (unpaired) electrons. The summed E-state index contributed by atoms with van der Waals surface area (Å²) in [7, 11) is 0. The molecule has 0 aliphatic carbocycles. The van der Waals surface area contributed by atoms with Gasteiger partial charge in [-0.25, -0.2) is 4.98 Å². The molecule has 1 heterocycles. The predicted molar refractivity (Wildman–Crippen MR) is 99.8 cm³/mol. The monoisotopic (exact) mass is 360 g/mol. The molecular weight excluding hydrogens is 336 g/mol. The molecule has 2 aromatic rings. The molecule has 0 fully saturated rings. The summed E-state index contributed by atoms with van der Waals surface area (Å²) in [6, 6.07) is 8.30. The molecular formula is C19H24N2O3S. The molecule has 1 atom stereocenters. The molecule has 0 saturated heterocycles. The lowest BCUT2D eigenvalue weighted by molar-refractivity contribution is -0.137. The van der Waals surface area contributed by atoms with Gasteiger partial charge in [-0.15, -0.1) is 11.3 Å². The van der Waals surface area contributed by atoms with Gasteiger partial charge >= 0.3 is 5.97 Å². The molecule has 1 aromatic carbocycles. The number of aliphatic carboxylic acids is 1. The number of nitrogens with zero attached hydrogens (tertiary/aromatic N) is 1. The second kappa shape index (κ2) is 9.32. The Balaban J connectivity index is 1.80. The van der Waals surface area contributed by atoms with E-state index in [2.05, 4.69) is 34.6 Å². The minimum atomic E-state index is -0.795. The Hall–Kier alpha value is -2.21. The number of nitrogens with one attached hydrogen (secondary N) is 1. The van der Waals surface area contributed by atoms with Gasteiger partial charge in [0.05, 0.1) is 16.1 Å². The SMILES string of the molecule is Cc1ncsc1-c1ccc([C@@H](C)CC(=O)NCCCCC(=O)O)cc1. The van der Waals surface area contributed by atoms with Crippen molar-refractivity contribution in [2.75, 3.05) is 6.54 Å². The number of thiazole rings is 1. The number of amides is 1. The summed E-state index contributed by atoms with van der Waals surface area (Å²) in [5, 5.41) is 11.4. The minimum Gasteiger partial charge on any atom is -0.481 e. The van der Waals surface area contributed by atoms with E-state index in [9.17, 15) is 9.59 Å². The first-order valence-electron chi connectivity index (χ1n) is 8.46. The van der Waals surface area contributed by atoms with E-state index in [-0.39, 0.29) is 18.2 Å². The van der Waals surface area contributed by atoms with Gasteiger partial charge in [0.25, 0.3) is 0 Å². The van der Waals surface area contributed by atoms with E-state index >= 15 is 0 Å². The van der Waals surface area contributed by atoms with E-state index in [0.717, 1.165) is 16.8 Å². The van der Waals surface area contributed by atoms with Crippen LogP contribution in [0.25, 0.3) is 10.4 Å². The number of carbonyl (C=O) groups excluding carboxylic acids is 1. The van der Waals surface area contributed by atoms with Crippen molar-refractivity contribution < 1.29 is 14.7 Å². The van der Waals surface area contributed by atoms with Crippen molar-refractivity contribution in [3.8, 4) is 10.4 Å². The first-order chi connectivity index (χ1) is 12.0. The van der Waals surface area contributed by atoms with Crippen LogP contribution in [0, 0.1) is 6.92 Å². The van der Waals surface area contributed by atoms with Crippen LogP contribution in [-0.2, 0) is 9.59 Å². The van der Waals surface area contributed by atoms with Crippen molar-refractivity contribution in [3.63, 3.8) is 0 Å². The number of hydrogen-bond donors (Lipinski definition) is 2. The lowest BCUT2D eigenvalue weighted by Gasteiger charge is -2.13. The van der Waals surface area contributed by atoms with Crippen molar-refractivity contribution in [3.05, 3.63) is 41.0 Å². The maximum atomic E-state index is 12.0. The molecule has 134 valence electrons. The molecule has 6 heteroatoms. The third kappa shape index (κ3) is 5.98. The Labute approximate surface area is 152 Å². The van der Waals surface area contributed by atoms with Crippen LogP contribution >= 0.6 is 11.3 Å². The fourth-order valence-electron chi connectivity index (χ4n) is 2.64. The third-order valence-corrected chi connectivity index (χ3v) is 5.10. The maximum absolute atomic E-state index is 12.0. The maximum Gasteiger partial charge on any atom is 0.303 e. The highest BCUT2D eigenvalue weighted by atomic mass is 32.1. The standard InChI is InChI=1S/C19H24N2O3S/c1-13(11-17(22)20-10-4-3-5-18(23)24)15-6-8-16(9-7-15)19-14(2)21-12-25-19/h6-9,12-13H,3-5,10-11H2,1-2H3,(H,20,22)(H,23,24)/t13-/m0/s1. The molecule has 25 heavy (non-hydrogen) atoms. The molecule has 0 spiro atoms. The summed E-state index contributed by atoms with van der Waals surface area (Å²) >= 11 is 1.63. The van der Waals surface area contributed by atoms with Crippen LogP contribution in [0.3, 0.4) is 0 Å².